The van der Waals surface area contributed by atoms with E-state index < -0.39 is 0 Å². The van der Waals surface area contributed by atoms with Gasteiger partial charge < -0.3 is 10.5 Å². The maximum absolute atomic E-state index is 8.96. The lowest BCUT2D eigenvalue weighted by Gasteiger charge is -2.15. The monoisotopic (exact) mass is 308 g/mol. The first-order valence-corrected chi connectivity index (χ1v) is 7.84. The van der Waals surface area contributed by atoms with Crippen molar-refractivity contribution in [3.8, 4) is 11.8 Å². The molecule has 0 bridgehead atoms. The average molecular weight is 309 g/mol. The molecule has 0 aliphatic rings. The second-order valence-corrected chi connectivity index (χ2v) is 6.49. The molecule has 0 amide bonds. The highest BCUT2D eigenvalue weighted by Gasteiger charge is 2.15. The van der Waals surface area contributed by atoms with Crippen LogP contribution in [0.3, 0.4) is 0 Å². The van der Waals surface area contributed by atoms with Gasteiger partial charge in [0.05, 0.1) is 23.1 Å². The van der Waals surface area contributed by atoms with Crippen molar-refractivity contribution in [1.29, 1.82) is 5.26 Å². The third-order valence-electron chi connectivity index (χ3n) is 3.52. The molecule has 4 heteroatoms. The molecule has 1 unspecified atom stereocenters. The molecular weight excluding hydrogens is 284 g/mol. The fourth-order valence-corrected chi connectivity index (χ4v) is 2.25. The largest absolute Gasteiger partial charge is 0.492 e. The first-order valence-electron chi connectivity index (χ1n) is 7.46. The molecule has 0 radical (unpaired) electrons. The molecule has 0 saturated heterocycles. The van der Waals surface area contributed by atoms with Crippen molar-refractivity contribution in [1.82, 2.24) is 0 Å². The van der Waals surface area contributed by atoms with Gasteiger partial charge in [0.15, 0.2) is 0 Å². The zero-order valence-electron chi connectivity index (χ0n) is 13.2. The second kappa shape index (κ2) is 8.26. The highest BCUT2D eigenvalue weighted by atomic mass is 35.5. The Morgan fingerprint density at radius 3 is 2.71 bits per heavy atom. The predicted octanol–water partition coefficient (Wildman–Crippen LogP) is 4.33. The Balaban J connectivity index is 2.48. The van der Waals surface area contributed by atoms with E-state index in [1.54, 1.807) is 0 Å². The lowest BCUT2D eigenvalue weighted by molar-refractivity contribution is 0.284. The molecule has 1 atom stereocenters. The molecule has 2 N–H and O–H groups in total. The van der Waals surface area contributed by atoms with E-state index >= 15 is 0 Å². The minimum Gasteiger partial charge on any atom is -0.492 e. The van der Waals surface area contributed by atoms with E-state index in [0.29, 0.717) is 17.4 Å². The highest BCUT2D eigenvalue weighted by Crippen LogP contribution is 2.27. The Hall–Kier alpha value is -1.24. The standard InChI is InChI=1S/C17H25ClN2O/c1-4-14(20)10-13-6-7-16(15(18)11-13)21-9-5-8-17(2,3)12-19/h6-7,11,14H,4-5,8-10,20H2,1-3H3. The summed E-state index contributed by atoms with van der Waals surface area (Å²) in [4.78, 5) is 0. The van der Waals surface area contributed by atoms with Crippen molar-refractivity contribution in [2.45, 2.75) is 52.5 Å². The van der Waals surface area contributed by atoms with E-state index in [9.17, 15) is 0 Å². The summed E-state index contributed by atoms with van der Waals surface area (Å²) in [6, 6.07) is 8.29. The molecule has 0 fully saturated rings. The van der Waals surface area contributed by atoms with Gasteiger partial charge >= 0.3 is 0 Å². The van der Waals surface area contributed by atoms with Crippen LogP contribution in [0.1, 0.15) is 45.6 Å². The van der Waals surface area contributed by atoms with Crippen LogP contribution in [0, 0.1) is 16.7 Å². The number of halogens is 1. The molecule has 0 spiro atoms. The van der Waals surface area contributed by atoms with Crippen LogP contribution in [0.5, 0.6) is 5.75 Å². The minimum atomic E-state index is -0.298. The molecule has 1 aromatic rings. The van der Waals surface area contributed by atoms with Gasteiger partial charge in [-0.05, 0) is 57.2 Å². The van der Waals surface area contributed by atoms with Crippen LogP contribution in [0.4, 0.5) is 0 Å². The van der Waals surface area contributed by atoms with E-state index in [-0.39, 0.29) is 11.5 Å². The van der Waals surface area contributed by atoms with Crippen LogP contribution in [0.15, 0.2) is 18.2 Å². The van der Waals surface area contributed by atoms with Gasteiger partial charge in [0.2, 0.25) is 0 Å². The molecule has 0 saturated carbocycles. The quantitative estimate of drug-likeness (QED) is 0.727. The van der Waals surface area contributed by atoms with E-state index in [4.69, 9.17) is 27.3 Å². The van der Waals surface area contributed by atoms with Gasteiger partial charge in [0, 0.05) is 6.04 Å². The first-order chi connectivity index (χ1) is 9.88. The molecule has 1 rings (SSSR count). The van der Waals surface area contributed by atoms with Crippen LogP contribution in [0.25, 0.3) is 0 Å². The van der Waals surface area contributed by atoms with Crippen molar-refractivity contribution >= 4 is 11.6 Å². The molecular formula is C17H25ClN2O. The van der Waals surface area contributed by atoms with Crippen LogP contribution in [0.2, 0.25) is 5.02 Å². The van der Waals surface area contributed by atoms with Gasteiger partial charge in [-0.15, -0.1) is 0 Å². The molecule has 116 valence electrons. The van der Waals surface area contributed by atoms with Crippen LogP contribution in [-0.2, 0) is 6.42 Å². The van der Waals surface area contributed by atoms with E-state index in [0.717, 1.165) is 31.2 Å². The summed E-state index contributed by atoms with van der Waals surface area (Å²) >= 11 is 6.23. The Kier molecular flexibility index (Phi) is 7.01. The van der Waals surface area contributed by atoms with Crippen molar-refractivity contribution in [2.24, 2.45) is 11.1 Å². The fraction of sp³-hybridized carbons (Fsp3) is 0.588. The fourth-order valence-electron chi connectivity index (χ4n) is 1.99. The van der Waals surface area contributed by atoms with Gasteiger partial charge in [-0.1, -0.05) is 24.6 Å². The van der Waals surface area contributed by atoms with Gasteiger partial charge in [-0.2, -0.15) is 5.26 Å². The number of ether oxygens (including phenoxy) is 1. The summed E-state index contributed by atoms with van der Waals surface area (Å²) in [7, 11) is 0. The Labute approximate surface area is 133 Å². The number of nitrogens with zero attached hydrogens (tertiary/aromatic N) is 1. The summed E-state index contributed by atoms with van der Waals surface area (Å²) in [6.07, 6.45) is 3.42. The third kappa shape index (κ3) is 6.37. The maximum atomic E-state index is 8.96. The molecule has 3 nitrogen and oxygen atoms in total. The topological polar surface area (TPSA) is 59.0 Å². The van der Waals surface area contributed by atoms with Gasteiger partial charge in [0.25, 0.3) is 0 Å². The Morgan fingerprint density at radius 2 is 2.14 bits per heavy atom. The normalized spacial score (nSPS) is 12.8. The van der Waals surface area contributed by atoms with E-state index in [1.165, 1.54) is 0 Å². The van der Waals surface area contributed by atoms with Crippen LogP contribution >= 0.6 is 11.6 Å². The highest BCUT2D eigenvalue weighted by molar-refractivity contribution is 6.32. The summed E-state index contributed by atoms with van der Waals surface area (Å²) in [5, 5.41) is 9.58. The molecule has 21 heavy (non-hydrogen) atoms. The zero-order chi connectivity index (χ0) is 15.9. The summed E-state index contributed by atoms with van der Waals surface area (Å²) in [5.74, 6) is 0.695. The van der Waals surface area contributed by atoms with Crippen molar-refractivity contribution < 1.29 is 4.74 Å². The Morgan fingerprint density at radius 1 is 1.43 bits per heavy atom. The van der Waals surface area contributed by atoms with Gasteiger partial charge in [-0.3, -0.25) is 0 Å². The molecule has 0 aromatic heterocycles. The summed E-state index contributed by atoms with van der Waals surface area (Å²) in [5.41, 5.74) is 6.78. The smallest absolute Gasteiger partial charge is 0.137 e. The number of hydrogen-bond acceptors (Lipinski definition) is 3. The number of hydrogen-bond donors (Lipinski definition) is 1. The third-order valence-corrected chi connectivity index (χ3v) is 3.82. The first kappa shape index (κ1) is 17.8. The predicted molar refractivity (Wildman–Crippen MR) is 87.5 cm³/mol. The summed E-state index contributed by atoms with van der Waals surface area (Å²) < 4.78 is 5.69. The molecule has 1 aromatic carbocycles. The Bertz CT molecular complexity index is 494. The van der Waals surface area contributed by atoms with E-state index in [1.807, 2.05) is 32.0 Å². The van der Waals surface area contributed by atoms with Crippen molar-refractivity contribution in [3.05, 3.63) is 28.8 Å². The number of rotatable bonds is 8. The number of nitrogens with two attached hydrogens (primary N) is 1. The lowest BCUT2D eigenvalue weighted by Crippen LogP contribution is -2.21. The zero-order valence-corrected chi connectivity index (χ0v) is 13.9. The number of benzene rings is 1. The second-order valence-electron chi connectivity index (χ2n) is 6.08. The maximum Gasteiger partial charge on any atom is 0.137 e. The average Bonchev–Trinajstić information content (AvgIpc) is 2.45. The van der Waals surface area contributed by atoms with Gasteiger partial charge in [0.1, 0.15) is 5.75 Å². The van der Waals surface area contributed by atoms with Crippen LogP contribution in [-0.4, -0.2) is 12.6 Å². The number of nitriles is 1. The van der Waals surface area contributed by atoms with Gasteiger partial charge in [-0.25, -0.2) is 0 Å². The van der Waals surface area contributed by atoms with Crippen LogP contribution < -0.4 is 10.5 Å². The molecule has 0 aliphatic heterocycles. The molecule has 0 heterocycles. The lowest BCUT2D eigenvalue weighted by atomic mass is 9.90. The van der Waals surface area contributed by atoms with E-state index in [2.05, 4.69) is 13.0 Å². The summed E-state index contributed by atoms with van der Waals surface area (Å²) in [6.45, 7) is 6.52. The molecule has 0 aliphatic carbocycles. The van der Waals surface area contributed by atoms with Crippen molar-refractivity contribution in [3.63, 3.8) is 0 Å². The SMILES string of the molecule is CCC(N)Cc1ccc(OCCCC(C)(C)C#N)c(Cl)c1. The minimum absolute atomic E-state index is 0.168. The van der Waals surface area contributed by atoms with Crippen molar-refractivity contribution in [2.75, 3.05) is 6.61 Å².